The highest BCUT2D eigenvalue weighted by atomic mass is 28.2. The lowest BCUT2D eigenvalue weighted by Gasteiger charge is -2.29. The first-order chi connectivity index (χ1) is 6.40. The summed E-state index contributed by atoms with van der Waals surface area (Å²) in [6.45, 7) is 11.3. The van der Waals surface area contributed by atoms with E-state index in [2.05, 4.69) is 38.4 Å². The summed E-state index contributed by atoms with van der Waals surface area (Å²) in [6.07, 6.45) is 4.25. The third kappa shape index (κ3) is 2.15. The van der Waals surface area contributed by atoms with Crippen LogP contribution in [0.3, 0.4) is 0 Å². The molecule has 0 aliphatic carbocycles. The topological polar surface area (TPSA) is 12.5 Å². The Hall–Kier alpha value is 0.00688. The molecule has 0 amide bonds. The zero-order valence-corrected chi connectivity index (χ0v) is 11.1. The van der Waals surface area contributed by atoms with Crippen molar-refractivity contribution in [1.29, 1.82) is 0 Å². The predicted octanol–water partition coefficient (Wildman–Crippen LogP) is 1.62. The van der Waals surface area contributed by atoms with Crippen LogP contribution in [0.4, 0.5) is 0 Å². The van der Waals surface area contributed by atoms with Crippen LogP contribution in [-0.4, -0.2) is 51.3 Å². The molecule has 0 aromatic carbocycles. The number of nitrogens with zero attached hydrogens (tertiary/aromatic N) is 1. The summed E-state index contributed by atoms with van der Waals surface area (Å²) in [6, 6.07) is 0.621. The van der Waals surface area contributed by atoms with E-state index in [1.807, 2.05) is 7.11 Å². The van der Waals surface area contributed by atoms with Gasteiger partial charge in [-0.2, -0.15) is 0 Å². The van der Waals surface area contributed by atoms with Crippen molar-refractivity contribution in [1.82, 2.24) is 4.90 Å². The molecular formula is C11H23NOSi. The molecule has 14 heavy (non-hydrogen) atoms. The maximum atomic E-state index is 5.70. The normalized spacial score (nSPS) is 34.0. The van der Waals surface area contributed by atoms with E-state index in [4.69, 9.17) is 4.74 Å². The number of rotatable bonds is 3. The van der Waals surface area contributed by atoms with Gasteiger partial charge in [-0.25, -0.2) is 0 Å². The van der Waals surface area contributed by atoms with E-state index in [0.29, 0.717) is 11.6 Å². The number of hydrogen-bond acceptors (Lipinski definition) is 2. The molecule has 3 heteroatoms. The van der Waals surface area contributed by atoms with E-state index in [1.54, 1.807) is 0 Å². The Morgan fingerprint density at radius 3 is 2.43 bits per heavy atom. The summed E-state index contributed by atoms with van der Waals surface area (Å²) in [4.78, 5) is 2.51. The monoisotopic (exact) mass is 213 g/mol. The minimum Gasteiger partial charge on any atom is -0.377 e. The van der Waals surface area contributed by atoms with Crippen molar-refractivity contribution in [2.24, 2.45) is 0 Å². The molecule has 0 aromatic rings. The van der Waals surface area contributed by atoms with Crippen LogP contribution in [0.5, 0.6) is 0 Å². The highest BCUT2D eigenvalue weighted by Gasteiger charge is 2.44. The molecule has 1 heterocycles. The summed E-state index contributed by atoms with van der Waals surface area (Å²) >= 11 is 0. The first kappa shape index (κ1) is 12.1. The van der Waals surface area contributed by atoms with Crippen molar-refractivity contribution in [3.8, 4) is 0 Å². The molecule has 1 aliphatic rings. The van der Waals surface area contributed by atoms with Gasteiger partial charge < -0.3 is 4.74 Å². The molecule has 0 bridgehead atoms. The minimum atomic E-state index is -0.513. The van der Waals surface area contributed by atoms with Gasteiger partial charge in [-0.15, -0.1) is 6.17 Å². The standard InChI is InChI=1S/C11H23NOSi/c1-9(2)12-7-10(14(5)6)11(3,8-12)13-4/h9-10H,5,7-8H2,1-4,6H3/t10?,11-/m0/s1. The Labute approximate surface area is 89.5 Å². The quantitative estimate of drug-likeness (QED) is 0.661. The van der Waals surface area contributed by atoms with Gasteiger partial charge >= 0.3 is 0 Å². The van der Waals surface area contributed by atoms with Gasteiger partial charge in [-0.1, -0.05) is 6.55 Å². The average molecular weight is 213 g/mol. The molecule has 1 saturated heterocycles. The Kier molecular flexibility index (Phi) is 3.67. The molecule has 2 atom stereocenters. The van der Waals surface area contributed by atoms with E-state index >= 15 is 0 Å². The second-order valence-corrected chi connectivity index (χ2v) is 7.33. The largest absolute Gasteiger partial charge is 0.377 e. The molecule has 0 spiro atoms. The molecule has 2 nitrogen and oxygen atoms in total. The van der Waals surface area contributed by atoms with Crippen molar-refractivity contribution in [3.63, 3.8) is 0 Å². The highest BCUT2D eigenvalue weighted by molar-refractivity contribution is 6.62. The second kappa shape index (κ2) is 4.25. The van der Waals surface area contributed by atoms with Gasteiger partial charge in [-0.05, 0) is 20.8 Å². The summed E-state index contributed by atoms with van der Waals surface area (Å²) in [7, 11) is 1.32. The van der Waals surface area contributed by atoms with Crippen LogP contribution >= 0.6 is 0 Å². The van der Waals surface area contributed by atoms with Crippen LogP contribution in [0.15, 0.2) is 0 Å². The molecular weight excluding hydrogens is 190 g/mol. The van der Waals surface area contributed by atoms with Crippen LogP contribution in [0.1, 0.15) is 20.8 Å². The lowest BCUT2D eigenvalue weighted by atomic mass is 10.1. The predicted molar refractivity (Wildman–Crippen MR) is 64.6 cm³/mol. The highest BCUT2D eigenvalue weighted by Crippen LogP contribution is 2.36. The van der Waals surface area contributed by atoms with Gasteiger partial charge in [0.1, 0.15) is 0 Å². The average Bonchev–Trinajstić information content (AvgIpc) is 2.44. The summed E-state index contributed by atoms with van der Waals surface area (Å²) in [5.41, 5.74) is 0.689. The van der Waals surface area contributed by atoms with Gasteiger partial charge in [0.2, 0.25) is 0 Å². The molecule has 0 radical (unpaired) electrons. The van der Waals surface area contributed by atoms with E-state index in [9.17, 15) is 0 Å². The van der Waals surface area contributed by atoms with E-state index in [0.717, 1.165) is 13.1 Å². The zero-order chi connectivity index (χ0) is 10.9. The van der Waals surface area contributed by atoms with Crippen molar-refractivity contribution < 1.29 is 4.74 Å². The van der Waals surface area contributed by atoms with Gasteiger partial charge in [0.15, 0.2) is 0 Å². The van der Waals surface area contributed by atoms with E-state index < -0.39 is 8.41 Å². The van der Waals surface area contributed by atoms with E-state index in [1.165, 1.54) is 0 Å². The Morgan fingerprint density at radius 2 is 2.14 bits per heavy atom. The van der Waals surface area contributed by atoms with Gasteiger partial charge in [0.05, 0.1) is 5.60 Å². The third-order valence-corrected chi connectivity index (χ3v) is 5.45. The molecule has 82 valence electrons. The van der Waals surface area contributed by atoms with Crippen LogP contribution in [0, 0.1) is 0 Å². The van der Waals surface area contributed by atoms with Gasteiger partial charge in [0.25, 0.3) is 0 Å². The Morgan fingerprint density at radius 1 is 1.57 bits per heavy atom. The summed E-state index contributed by atoms with van der Waals surface area (Å²) in [5.74, 6) is 0. The fourth-order valence-electron chi connectivity index (χ4n) is 2.28. The van der Waals surface area contributed by atoms with Crippen molar-refractivity contribution in [2.75, 3.05) is 20.2 Å². The second-order valence-electron chi connectivity index (χ2n) is 4.94. The first-order valence-electron chi connectivity index (χ1n) is 5.35. The maximum Gasteiger partial charge on any atom is 0.0822 e. The Balaban J connectivity index is 2.80. The third-order valence-electron chi connectivity index (χ3n) is 3.46. The molecule has 0 saturated carbocycles. The Bertz CT molecular complexity index is 229. The van der Waals surface area contributed by atoms with Crippen LogP contribution in [-0.2, 0) is 4.74 Å². The number of hydrogen-bond donors (Lipinski definition) is 0. The number of methoxy groups -OCH3 is 1. The fraction of sp³-hybridized carbons (Fsp3) is 0.909. The van der Waals surface area contributed by atoms with Gasteiger partial charge in [0, 0.05) is 40.2 Å². The minimum absolute atomic E-state index is 0.0368. The first-order valence-corrected chi connectivity index (χ1v) is 7.63. The van der Waals surface area contributed by atoms with Gasteiger partial charge in [-0.3, -0.25) is 4.90 Å². The summed E-state index contributed by atoms with van der Waals surface area (Å²) in [5, 5.41) is 0. The SMILES string of the molecule is C=[Si](C)C1CN(C(C)C)C[C@]1(C)OC. The molecule has 1 aliphatic heterocycles. The zero-order valence-electron chi connectivity index (χ0n) is 10.1. The molecule has 0 aromatic heterocycles. The fourth-order valence-corrected chi connectivity index (χ4v) is 4.08. The molecule has 1 fully saturated rings. The maximum absolute atomic E-state index is 5.70. The molecule has 1 rings (SSSR count). The smallest absolute Gasteiger partial charge is 0.0822 e. The van der Waals surface area contributed by atoms with Crippen LogP contribution < -0.4 is 0 Å². The van der Waals surface area contributed by atoms with Crippen molar-refractivity contribution in [2.45, 2.75) is 44.5 Å². The van der Waals surface area contributed by atoms with Crippen molar-refractivity contribution >= 4 is 14.6 Å². The van der Waals surface area contributed by atoms with Crippen LogP contribution in [0.25, 0.3) is 0 Å². The number of ether oxygens (including phenoxy) is 1. The van der Waals surface area contributed by atoms with E-state index in [-0.39, 0.29) is 5.60 Å². The van der Waals surface area contributed by atoms with Crippen LogP contribution in [0.2, 0.25) is 12.1 Å². The molecule has 0 N–H and O–H groups in total. The number of likely N-dealkylation sites (tertiary alicyclic amines) is 1. The lowest BCUT2D eigenvalue weighted by Crippen LogP contribution is -2.38. The molecule has 1 unspecified atom stereocenters. The summed E-state index contributed by atoms with van der Waals surface area (Å²) < 4.78 is 5.70. The van der Waals surface area contributed by atoms with Crippen molar-refractivity contribution in [3.05, 3.63) is 0 Å². The lowest BCUT2D eigenvalue weighted by molar-refractivity contribution is 0.0124.